The first-order chi connectivity index (χ1) is 8.15. The van der Waals surface area contributed by atoms with Crippen molar-refractivity contribution in [3.8, 4) is 0 Å². The highest BCUT2D eigenvalue weighted by atomic mass is 16.1. The summed E-state index contributed by atoms with van der Waals surface area (Å²) < 4.78 is 0. The first kappa shape index (κ1) is 11.1. The van der Waals surface area contributed by atoms with Crippen LogP contribution in [0.5, 0.6) is 0 Å². The average molecular weight is 231 g/mol. The van der Waals surface area contributed by atoms with Gasteiger partial charge in [0.25, 0.3) is 5.56 Å². The molecule has 0 atom stereocenters. The van der Waals surface area contributed by atoms with Gasteiger partial charge in [-0.1, -0.05) is 0 Å². The molecule has 0 spiro atoms. The zero-order valence-electron chi connectivity index (χ0n) is 9.64. The predicted octanol–water partition coefficient (Wildman–Crippen LogP) is 0.974. The Morgan fingerprint density at radius 1 is 1.24 bits per heavy atom. The number of anilines is 3. The lowest BCUT2D eigenvalue weighted by molar-refractivity contribution is 0.953. The van der Waals surface area contributed by atoms with Crippen LogP contribution >= 0.6 is 0 Å². The third-order valence-corrected chi connectivity index (χ3v) is 2.22. The topological polar surface area (TPSA) is 73.9 Å². The third-order valence-electron chi connectivity index (χ3n) is 2.22. The van der Waals surface area contributed by atoms with Gasteiger partial charge < -0.3 is 10.2 Å². The number of nitrogens with one attached hydrogen (secondary N) is 2. The van der Waals surface area contributed by atoms with Gasteiger partial charge in [-0.3, -0.25) is 9.78 Å². The molecule has 0 saturated carbocycles. The van der Waals surface area contributed by atoms with Gasteiger partial charge in [0.1, 0.15) is 6.20 Å². The fraction of sp³-hybridized carbons (Fsp3) is 0.182. The summed E-state index contributed by atoms with van der Waals surface area (Å²) in [5.41, 5.74) is 1.65. The van der Waals surface area contributed by atoms with Crippen LogP contribution in [0.1, 0.15) is 0 Å². The van der Waals surface area contributed by atoms with Gasteiger partial charge >= 0.3 is 0 Å². The molecule has 6 nitrogen and oxygen atoms in total. The lowest BCUT2D eigenvalue weighted by atomic mass is 10.2. The van der Waals surface area contributed by atoms with Gasteiger partial charge in [0.2, 0.25) is 5.95 Å². The van der Waals surface area contributed by atoms with Crippen LogP contribution in [0.3, 0.4) is 0 Å². The molecule has 0 aliphatic rings. The summed E-state index contributed by atoms with van der Waals surface area (Å²) in [6.07, 6.45) is 1.13. The van der Waals surface area contributed by atoms with Crippen LogP contribution in [0.15, 0.2) is 35.3 Å². The first-order valence-electron chi connectivity index (χ1n) is 5.11. The van der Waals surface area contributed by atoms with E-state index in [0.29, 0.717) is 5.95 Å². The van der Waals surface area contributed by atoms with Gasteiger partial charge in [0, 0.05) is 25.5 Å². The number of H-pyrrole nitrogens is 1. The van der Waals surface area contributed by atoms with Crippen molar-refractivity contribution in [2.45, 2.75) is 0 Å². The van der Waals surface area contributed by atoms with Crippen molar-refractivity contribution in [1.82, 2.24) is 15.2 Å². The molecule has 6 heteroatoms. The van der Waals surface area contributed by atoms with Gasteiger partial charge in [0.05, 0.1) is 0 Å². The number of rotatable bonds is 3. The summed E-state index contributed by atoms with van der Waals surface area (Å²) in [4.78, 5) is 15.6. The largest absolute Gasteiger partial charge is 0.378 e. The average Bonchev–Trinajstić information content (AvgIpc) is 2.29. The van der Waals surface area contributed by atoms with Crippen LogP contribution in [0.4, 0.5) is 17.3 Å². The first-order valence-corrected chi connectivity index (χ1v) is 5.11. The summed E-state index contributed by atoms with van der Waals surface area (Å²) in [6, 6.07) is 7.75. The number of aromatic amines is 1. The van der Waals surface area contributed by atoms with Gasteiger partial charge in [-0.15, -0.1) is 10.2 Å². The monoisotopic (exact) mass is 231 g/mol. The lowest BCUT2D eigenvalue weighted by Crippen LogP contribution is -2.11. The Hall–Kier alpha value is -2.37. The van der Waals surface area contributed by atoms with E-state index in [1.54, 1.807) is 0 Å². The van der Waals surface area contributed by atoms with Crippen molar-refractivity contribution in [2.24, 2.45) is 0 Å². The molecule has 0 saturated heterocycles. The van der Waals surface area contributed by atoms with E-state index < -0.39 is 0 Å². The van der Waals surface area contributed by atoms with E-state index in [9.17, 15) is 4.79 Å². The molecule has 1 aromatic heterocycles. The zero-order chi connectivity index (χ0) is 12.3. The summed E-state index contributed by atoms with van der Waals surface area (Å²) in [7, 11) is 3.95. The maximum Gasteiger partial charge on any atom is 0.271 e. The minimum Gasteiger partial charge on any atom is -0.378 e. The summed E-state index contributed by atoms with van der Waals surface area (Å²) in [5.74, 6) is 0.329. The van der Waals surface area contributed by atoms with Crippen molar-refractivity contribution in [1.29, 1.82) is 0 Å². The molecule has 17 heavy (non-hydrogen) atoms. The summed E-state index contributed by atoms with van der Waals surface area (Å²) >= 11 is 0. The van der Waals surface area contributed by atoms with Crippen LogP contribution in [0, 0.1) is 0 Å². The molecule has 0 aliphatic carbocycles. The molecular formula is C11H13N5O. The number of hydrogen-bond acceptors (Lipinski definition) is 5. The second-order valence-electron chi connectivity index (χ2n) is 3.75. The fourth-order valence-electron chi connectivity index (χ4n) is 1.35. The minimum absolute atomic E-state index is 0.285. The van der Waals surface area contributed by atoms with Crippen molar-refractivity contribution in [3.05, 3.63) is 40.8 Å². The normalized spacial score (nSPS) is 10.0. The fourth-order valence-corrected chi connectivity index (χ4v) is 1.35. The molecule has 0 unspecified atom stereocenters. The second kappa shape index (κ2) is 4.65. The molecule has 88 valence electrons. The van der Waals surface area contributed by atoms with Crippen molar-refractivity contribution in [3.63, 3.8) is 0 Å². The molecule has 1 heterocycles. The Bertz CT molecular complexity index is 546. The molecule has 2 N–H and O–H groups in total. The van der Waals surface area contributed by atoms with Gasteiger partial charge in [0.15, 0.2) is 0 Å². The summed E-state index contributed by atoms with van der Waals surface area (Å²) in [5, 5.41) is 10.3. The Morgan fingerprint density at radius 3 is 2.53 bits per heavy atom. The molecule has 2 aromatic rings. The third kappa shape index (κ3) is 2.81. The highest BCUT2D eigenvalue weighted by Crippen LogP contribution is 2.17. The maximum atomic E-state index is 11.0. The Labute approximate surface area is 98.3 Å². The number of benzene rings is 1. The summed E-state index contributed by atoms with van der Waals surface area (Å²) in [6.45, 7) is 0. The minimum atomic E-state index is -0.285. The number of hydrogen-bond donors (Lipinski definition) is 2. The number of nitrogens with zero attached hydrogens (tertiary/aromatic N) is 3. The van der Waals surface area contributed by atoms with Crippen LogP contribution < -0.4 is 15.8 Å². The molecule has 2 rings (SSSR count). The molecule has 0 radical (unpaired) electrons. The van der Waals surface area contributed by atoms with Crippen LogP contribution in [0.25, 0.3) is 0 Å². The van der Waals surface area contributed by atoms with Gasteiger partial charge in [-0.25, -0.2) is 0 Å². The van der Waals surface area contributed by atoms with E-state index in [1.807, 2.05) is 43.3 Å². The highest BCUT2D eigenvalue weighted by Gasteiger charge is 1.98. The van der Waals surface area contributed by atoms with Crippen LogP contribution in [0.2, 0.25) is 0 Å². The molecule has 0 bridgehead atoms. The predicted molar refractivity (Wildman–Crippen MR) is 66.7 cm³/mol. The Kier molecular flexibility index (Phi) is 3.04. The van der Waals surface area contributed by atoms with E-state index in [1.165, 1.54) is 0 Å². The molecule has 0 aliphatic heterocycles. The van der Waals surface area contributed by atoms with E-state index in [4.69, 9.17) is 0 Å². The van der Waals surface area contributed by atoms with Gasteiger partial charge in [-0.2, -0.15) is 0 Å². The Morgan fingerprint density at radius 2 is 1.94 bits per heavy atom. The lowest BCUT2D eigenvalue weighted by Gasteiger charge is -2.12. The van der Waals surface area contributed by atoms with E-state index in [-0.39, 0.29) is 5.56 Å². The SMILES string of the molecule is CN(C)c1ccc(Nc2nncc(=O)[nH]2)cc1. The molecular weight excluding hydrogens is 218 g/mol. The van der Waals surface area contributed by atoms with Crippen LogP contribution in [-0.2, 0) is 0 Å². The van der Waals surface area contributed by atoms with Crippen molar-refractivity contribution >= 4 is 17.3 Å². The second-order valence-corrected chi connectivity index (χ2v) is 3.75. The highest BCUT2D eigenvalue weighted by molar-refractivity contribution is 5.58. The van der Waals surface area contributed by atoms with E-state index in [2.05, 4.69) is 20.5 Å². The van der Waals surface area contributed by atoms with Gasteiger partial charge in [-0.05, 0) is 24.3 Å². The van der Waals surface area contributed by atoms with Crippen LogP contribution in [-0.4, -0.2) is 29.3 Å². The molecule has 0 amide bonds. The zero-order valence-corrected chi connectivity index (χ0v) is 9.64. The van der Waals surface area contributed by atoms with Crippen molar-refractivity contribution < 1.29 is 0 Å². The van der Waals surface area contributed by atoms with E-state index in [0.717, 1.165) is 17.6 Å². The van der Waals surface area contributed by atoms with Crippen molar-refractivity contribution in [2.75, 3.05) is 24.3 Å². The standard InChI is InChI=1S/C11H13N5O/c1-16(2)9-5-3-8(4-6-9)13-11-14-10(17)7-12-15-11/h3-7H,1-2H3,(H2,13,14,15,17). The quantitative estimate of drug-likeness (QED) is 0.823. The maximum absolute atomic E-state index is 11.0. The van der Waals surface area contributed by atoms with E-state index >= 15 is 0 Å². The molecule has 1 aromatic carbocycles. The number of aromatic nitrogens is 3. The smallest absolute Gasteiger partial charge is 0.271 e. The Balaban J connectivity index is 2.16. The molecule has 0 fully saturated rings.